The SMILES string of the molecule is C/C=C/C(C)CC(C)(F)C(C)C. The summed E-state index contributed by atoms with van der Waals surface area (Å²) in [5.41, 5.74) is -1.03. The van der Waals surface area contributed by atoms with Crippen molar-refractivity contribution in [3.05, 3.63) is 12.2 Å². The van der Waals surface area contributed by atoms with E-state index in [4.69, 9.17) is 0 Å². The lowest BCUT2D eigenvalue weighted by atomic mass is 9.85. The molecule has 0 aromatic carbocycles. The molecular formula is C11H21F. The standard InChI is InChI=1S/C11H21F/c1-6-7-10(4)8-11(5,12)9(2)3/h6-7,9-10H,8H2,1-5H3/b7-6+. The molecule has 0 bridgehead atoms. The molecule has 0 aliphatic carbocycles. The summed E-state index contributed by atoms with van der Waals surface area (Å²) in [4.78, 5) is 0. The summed E-state index contributed by atoms with van der Waals surface area (Å²) < 4.78 is 13.8. The van der Waals surface area contributed by atoms with Crippen LogP contribution in [0.3, 0.4) is 0 Å². The Morgan fingerprint density at radius 1 is 1.33 bits per heavy atom. The molecule has 0 heterocycles. The lowest BCUT2D eigenvalue weighted by Crippen LogP contribution is -2.27. The first-order valence-corrected chi connectivity index (χ1v) is 4.72. The highest BCUT2D eigenvalue weighted by Gasteiger charge is 2.28. The van der Waals surface area contributed by atoms with E-state index in [1.165, 1.54) is 0 Å². The first-order valence-electron chi connectivity index (χ1n) is 4.72. The van der Waals surface area contributed by atoms with Gasteiger partial charge in [0.15, 0.2) is 0 Å². The molecule has 0 rings (SSSR count). The fraction of sp³-hybridized carbons (Fsp3) is 0.818. The van der Waals surface area contributed by atoms with Gasteiger partial charge in [0.25, 0.3) is 0 Å². The molecule has 0 saturated heterocycles. The maximum absolute atomic E-state index is 13.8. The Labute approximate surface area is 75.9 Å². The Bertz CT molecular complexity index is 145. The predicted octanol–water partition coefficient (Wildman–Crippen LogP) is 3.97. The third-order valence-corrected chi connectivity index (χ3v) is 2.45. The Morgan fingerprint density at radius 2 is 1.83 bits per heavy atom. The second kappa shape index (κ2) is 4.64. The number of hydrogen-bond donors (Lipinski definition) is 0. The minimum atomic E-state index is -1.03. The first-order chi connectivity index (χ1) is 5.40. The molecule has 0 fully saturated rings. The van der Waals surface area contributed by atoms with E-state index in [-0.39, 0.29) is 5.92 Å². The molecule has 0 radical (unpaired) electrons. The summed E-state index contributed by atoms with van der Waals surface area (Å²) in [6, 6.07) is 0. The number of hydrogen-bond acceptors (Lipinski definition) is 0. The molecule has 72 valence electrons. The average Bonchev–Trinajstić information content (AvgIpc) is 1.85. The molecule has 0 aliphatic rings. The van der Waals surface area contributed by atoms with Crippen molar-refractivity contribution in [1.82, 2.24) is 0 Å². The van der Waals surface area contributed by atoms with Crippen molar-refractivity contribution in [2.24, 2.45) is 11.8 Å². The van der Waals surface area contributed by atoms with Crippen LogP contribution in [0.15, 0.2) is 12.2 Å². The first kappa shape index (κ1) is 11.7. The van der Waals surface area contributed by atoms with Crippen molar-refractivity contribution in [1.29, 1.82) is 0 Å². The van der Waals surface area contributed by atoms with Crippen LogP contribution in [0.4, 0.5) is 4.39 Å². The molecule has 12 heavy (non-hydrogen) atoms. The fourth-order valence-electron chi connectivity index (χ4n) is 1.26. The maximum atomic E-state index is 13.8. The monoisotopic (exact) mass is 172 g/mol. The summed E-state index contributed by atoms with van der Waals surface area (Å²) in [5.74, 6) is 0.442. The van der Waals surface area contributed by atoms with Crippen LogP contribution in [0, 0.1) is 11.8 Å². The third-order valence-electron chi connectivity index (χ3n) is 2.45. The Kier molecular flexibility index (Phi) is 4.51. The van der Waals surface area contributed by atoms with Crippen molar-refractivity contribution >= 4 is 0 Å². The zero-order valence-corrected chi connectivity index (χ0v) is 8.89. The van der Waals surface area contributed by atoms with Crippen LogP contribution in [0.25, 0.3) is 0 Å². The molecule has 0 amide bonds. The van der Waals surface area contributed by atoms with Crippen molar-refractivity contribution in [2.45, 2.75) is 46.7 Å². The van der Waals surface area contributed by atoms with Gasteiger partial charge in [-0.2, -0.15) is 0 Å². The molecule has 0 N–H and O–H groups in total. The maximum Gasteiger partial charge on any atom is 0.111 e. The number of alkyl halides is 1. The quantitative estimate of drug-likeness (QED) is 0.563. The second-order valence-electron chi connectivity index (χ2n) is 4.14. The molecule has 1 heteroatoms. The van der Waals surface area contributed by atoms with E-state index >= 15 is 0 Å². The number of rotatable bonds is 4. The van der Waals surface area contributed by atoms with Crippen LogP contribution in [-0.2, 0) is 0 Å². The fourth-order valence-corrected chi connectivity index (χ4v) is 1.26. The van der Waals surface area contributed by atoms with Gasteiger partial charge < -0.3 is 0 Å². The van der Waals surface area contributed by atoms with Crippen molar-refractivity contribution in [3.8, 4) is 0 Å². The highest BCUT2D eigenvalue weighted by Crippen LogP contribution is 2.29. The zero-order valence-electron chi connectivity index (χ0n) is 8.89. The Balaban J connectivity index is 4.05. The summed E-state index contributed by atoms with van der Waals surface area (Å²) in [6.45, 7) is 9.59. The molecule has 0 saturated carbocycles. The lowest BCUT2D eigenvalue weighted by Gasteiger charge is -2.26. The van der Waals surface area contributed by atoms with Gasteiger partial charge in [-0.25, -0.2) is 4.39 Å². The van der Waals surface area contributed by atoms with Gasteiger partial charge in [-0.3, -0.25) is 0 Å². The second-order valence-corrected chi connectivity index (χ2v) is 4.14. The molecular weight excluding hydrogens is 151 g/mol. The van der Waals surface area contributed by atoms with Crippen LogP contribution in [0.2, 0.25) is 0 Å². The van der Waals surface area contributed by atoms with E-state index in [9.17, 15) is 4.39 Å². The highest BCUT2D eigenvalue weighted by atomic mass is 19.1. The highest BCUT2D eigenvalue weighted by molar-refractivity contribution is 4.89. The summed E-state index contributed by atoms with van der Waals surface area (Å²) in [5, 5.41) is 0. The molecule has 0 spiro atoms. The predicted molar refractivity (Wildman–Crippen MR) is 52.9 cm³/mol. The van der Waals surface area contributed by atoms with Crippen LogP contribution in [0.5, 0.6) is 0 Å². The van der Waals surface area contributed by atoms with Gasteiger partial charge in [-0.15, -0.1) is 0 Å². The average molecular weight is 172 g/mol. The summed E-state index contributed by atoms with van der Waals surface area (Å²) in [7, 11) is 0. The van der Waals surface area contributed by atoms with E-state index in [1.807, 2.05) is 26.8 Å². The minimum absolute atomic E-state index is 0.102. The third kappa shape index (κ3) is 3.89. The van der Waals surface area contributed by atoms with E-state index in [0.29, 0.717) is 12.3 Å². The molecule has 0 aliphatic heterocycles. The van der Waals surface area contributed by atoms with E-state index in [1.54, 1.807) is 6.92 Å². The molecule has 0 nitrogen and oxygen atoms in total. The Hall–Kier alpha value is -0.330. The molecule has 0 aromatic heterocycles. The van der Waals surface area contributed by atoms with Gasteiger partial charge in [0, 0.05) is 0 Å². The number of halogens is 1. The van der Waals surface area contributed by atoms with Crippen molar-refractivity contribution in [3.63, 3.8) is 0 Å². The van der Waals surface area contributed by atoms with E-state index in [2.05, 4.69) is 13.0 Å². The lowest BCUT2D eigenvalue weighted by molar-refractivity contribution is 0.0998. The molecule has 0 aromatic rings. The normalized spacial score (nSPS) is 19.9. The van der Waals surface area contributed by atoms with E-state index in [0.717, 1.165) is 0 Å². The zero-order chi connectivity index (χ0) is 9.78. The topological polar surface area (TPSA) is 0 Å². The van der Waals surface area contributed by atoms with E-state index < -0.39 is 5.67 Å². The van der Waals surface area contributed by atoms with Crippen LogP contribution in [0.1, 0.15) is 41.0 Å². The number of allylic oxidation sites excluding steroid dienone is 2. The summed E-state index contributed by atoms with van der Waals surface area (Å²) in [6.07, 6.45) is 4.66. The summed E-state index contributed by atoms with van der Waals surface area (Å²) >= 11 is 0. The van der Waals surface area contributed by atoms with Gasteiger partial charge in [-0.1, -0.05) is 32.9 Å². The van der Waals surface area contributed by atoms with Crippen LogP contribution in [-0.4, -0.2) is 5.67 Å². The van der Waals surface area contributed by atoms with Crippen molar-refractivity contribution < 1.29 is 4.39 Å². The molecule has 2 atom stereocenters. The molecule has 2 unspecified atom stereocenters. The van der Waals surface area contributed by atoms with Gasteiger partial charge >= 0.3 is 0 Å². The van der Waals surface area contributed by atoms with Crippen molar-refractivity contribution in [2.75, 3.05) is 0 Å². The van der Waals surface area contributed by atoms with Gasteiger partial charge in [0.2, 0.25) is 0 Å². The smallest absolute Gasteiger partial charge is 0.111 e. The Morgan fingerprint density at radius 3 is 2.17 bits per heavy atom. The van der Waals surface area contributed by atoms with Crippen LogP contribution < -0.4 is 0 Å². The van der Waals surface area contributed by atoms with Crippen LogP contribution >= 0.6 is 0 Å². The largest absolute Gasteiger partial charge is 0.244 e. The van der Waals surface area contributed by atoms with Gasteiger partial charge in [0.1, 0.15) is 5.67 Å². The van der Waals surface area contributed by atoms with Gasteiger partial charge in [0.05, 0.1) is 0 Å². The van der Waals surface area contributed by atoms with Gasteiger partial charge in [-0.05, 0) is 32.1 Å². The minimum Gasteiger partial charge on any atom is -0.244 e.